The average Bonchev–Trinajstić information content (AvgIpc) is 2.99. The maximum Gasteiger partial charge on any atom is 0.258 e. The smallest absolute Gasteiger partial charge is 0.258 e. The predicted molar refractivity (Wildman–Crippen MR) is 99.6 cm³/mol. The lowest BCUT2D eigenvalue weighted by atomic mass is 9.94. The van der Waals surface area contributed by atoms with Gasteiger partial charge in [0.1, 0.15) is 12.4 Å². The summed E-state index contributed by atoms with van der Waals surface area (Å²) in [5, 5.41) is 3.11. The van der Waals surface area contributed by atoms with Crippen LogP contribution in [-0.2, 0) is 9.53 Å². The third-order valence-electron chi connectivity index (χ3n) is 4.91. The molecule has 0 aromatic heterocycles. The Morgan fingerprint density at radius 3 is 2.89 bits per heavy atom. The van der Waals surface area contributed by atoms with E-state index in [9.17, 15) is 14.0 Å². The zero-order chi connectivity index (χ0) is 19.0. The van der Waals surface area contributed by atoms with E-state index < -0.39 is 5.82 Å². The van der Waals surface area contributed by atoms with E-state index in [4.69, 9.17) is 16.3 Å². The van der Waals surface area contributed by atoms with Crippen LogP contribution in [0.5, 0.6) is 0 Å². The number of anilines is 1. The minimum atomic E-state index is -0.544. The third kappa shape index (κ3) is 3.68. The topological polar surface area (TPSA) is 58.6 Å². The molecule has 2 aliphatic rings. The number of para-hydroxylation sites is 1. The Morgan fingerprint density at radius 2 is 2.11 bits per heavy atom. The maximum atomic E-state index is 13.7. The molecule has 1 saturated heterocycles. The number of nitrogens with one attached hydrogen (secondary N) is 1. The molecule has 0 bridgehead atoms. The van der Waals surface area contributed by atoms with Crippen LogP contribution in [0.2, 0.25) is 5.02 Å². The van der Waals surface area contributed by atoms with Crippen LogP contribution < -0.4 is 10.2 Å². The molecule has 0 aliphatic carbocycles. The minimum Gasteiger partial charge on any atom is -0.370 e. The number of hydrogen-bond acceptors (Lipinski definition) is 3. The molecule has 2 aromatic rings. The van der Waals surface area contributed by atoms with Gasteiger partial charge in [-0.3, -0.25) is 9.59 Å². The fourth-order valence-electron chi connectivity index (χ4n) is 3.80. The van der Waals surface area contributed by atoms with Gasteiger partial charge in [0, 0.05) is 28.7 Å². The molecule has 2 atom stereocenters. The van der Waals surface area contributed by atoms with E-state index in [1.165, 1.54) is 18.2 Å². The number of carbonyl (C=O) groups is 2. The van der Waals surface area contributed by atoms with Crippen LogP contribution in [0.1, 0.15) is 28.3 Å². The third-order valence-corrected chi connectivity index (χ3v) is 5.13. The Kier molecular flexibility index (Phi) is 4.85. The lowest BCUT2D eigenvalue weighted by Crippen LogP contribution is -2.46. The van der Waals surface area contributed by atoms with E-state index in [0.717, 1.165) is 11.3 Å². The first-order valence-corrected chi connectivity index (χ1v) is 9.13. The Labute approximate surface area is 161 Å². The van der Waals surface area contributed by atoms with Gasteiger partial charge in [-0.15, -0.1) is 0 Å². The second-order valence-corrected chi connectivity index (χ2v) is 7.28. The van der Waals surface area contributed by atoms with Crippen LogP contribution >= 0.6 is 11.6 Å². The fourth-order valence-corrected chi connectivity index (χ4v) is 4.02. The molecule has 27 heavy (non-hydrogen) atoms. The number of benzene rings is 2. The summed E-state index contributed by atoms with van der Waals surface area (Å²) in [7, 11) is 0. The van der Waals surface area contributed by atoms with Crippen molar-refractivity contribution in [1.29, 1.82) is 0 Å². The first kappa shape index (κ1) is 17.9. The van der Waals surface area contributed by atoms with Crippen LogP contribution in [0, 0.1) is 5.82 Å². The number of amides is 2. The molecule has 0 saturated carbocycles. The molecule has 140 valence electrons. The molecule has 4 rings (SSSR count). The van der Waals surface area contributed by atoms with Crippen molar-refractivity contribution in [2.75, 3.05) is 24.7 Å². The van der Waals surface area contributed by atoms with Gasteiger partial charge in [0.15, 0.2) is 0 Å². The summed E-state index contributed by atoms with van der Waals surface area (Å²) in [5.41, 5.74) is 2.05. The van der Waals surface area contributed by atoms with Gasteiger partial charge in [0.25, 0.3) is 5.91 Å². The molecule has 7 heteroatoms. The first-order valence-electron chi connectivity index (χ1n) is 8.75. The van der Waals surface area contributed by atoms with Crippen LogP contribution in [0.25, 0.3) is 0 Å². The van der Waals surface area contributed by atoms with Crippen LogP contribution in [0.3, 0.4) is 0 Å². The molecule has 2 amide bonds. The number of rotatable bonds is 3. The molecule has 0 radical (unpaired) electrons. The number of morpholine rings is 1. The van der Waals surface area contributed by atoms with E-state index in [2.05, 4.69) is 5.32 Å². The van der Waals surface area contributed by atoms with Crippen molar-refractivity contribution in [2.45, 2.75) is 18.4 Å². The quantitative estimate of drug-likeness (QED) is 0.878. The van der Waals surface area contributed by atoms with Crippen molar-refractivity contribution in [1.82, 2.24) is 5.32 Å². The van der Waals surface area contributed by atoms with Gasteiger partial charge in [0.05, 0.1) is 12.6 Å². The van der Waals surface area contributed by atoms with Gasteiger partial charge in [-0.1, -0.05) is 29.8 Å². The van der Waals surface area contributed by atoms with E-state index in [0.29, 0.717) is 19.6 Å². The van der Waals surface area contributed by atoms with Gasteiger partial charge >= 0.3 is 0 Å². The number of hydrogen-bond donors (Lipinski definition) is 1. The molecular formula is C20H18ClFN2O3. The van der Waals surface area contributed by atoms with Crippen molar-refractivity contribution in [2.24, 2.45) is 0 Å². The molecule has 2 unspecified atom stereocenters. The van der Waals surface area contributed by atoms with Gasteiger partial charge in [-0.2, -0.15) is 0 Å². The standard InChI is InChI=1S/C20H18ClFN2O3/c21-14-5-12(6-15(22)8-14)20(26)24-9-13(17-3-1-2-4-18(17)24)7-16-10-27-11-19(25)23-16/h1-6,8,13,16H,7,9-11H2,(H,23,25). The van der Waals surface area contributed by atoms with Gasteiger partial charge in [0.2, 0.25) is 5.91 Å². The lowest BCUT2D eigenvalue weighted by Gasteiger charge is -2.26. The summed E-state index contributed by atoms with van der Waals surface area (Å²) >= 11 is 5.91. The van der Waals surface area contributed by atoms with E-state index in [-0.39, 0.29) is 41.0 Å². The highest BCUT2D eigenvalue weighted by Gasteiger charge is 2.35. The highest BCUT2D eigenvalue weighted by atomic mass is 35.5. The number of halogens is 2. The van der Waals surface area contributed by atoms with Crippen LogP contribution in [-0.4, -0.2) is 37.6 Å². The van der Waals surface area contributed by atoms with Crippen molar-refractivity contribution < 1.29 is 18.7 Å². The Balaban J connectivity index is 1.59. The van der Waals surface area contributed by atoms with Gasteiger partial charge < -0.3 is 15.0 Å². The van der Waals surface area contributed by atoms with Crippen molar-refractivity contribution in [3.8, 4) is 0 Å². The SMILES string of the molecule is O=C1COCC(CC2CN(C(=O)c3cc(F)cc(Cl)c3)c3ccccc32)N1. The van der Waals surface area contributed by atoms with Crippen LogP contribution in [0.15, 0.2) is 42.5 Å². The summed E-state index contributed by atoms with van der Waals surface area (Å²) in [6.45, 7) is 0.999. The molecule has 0 spiro atoms. The van der Waals surface area contributed by atoms with E-state index in [1.54, 1.807) is 4.90 Å². The molecule has 2 aromatic carbocycles. The Morgan fingerprint density at radius 1 is 1.30 bits per heavy atom. The summed E-state index contributed by atoms with van der Waals surface area (Å²) in [6, 6.07) is 11.4. The van der Waals surface area contributed by atoms with Crippen molar-refractivity contribution in [3.05, 3.63) is 64.4 Å². The summed E-state index contributed by atoms with van der Waals surface area (Å²) in [4.78, 5) is 26.2. The zero-order valence-electron chi connectivity index (χ0n) is 14.5. The number of fused-ring (bicyclic) bond motifs is 1. The molecule has 2 aliphatic heterocycles. The molecular weight excluding hydrogens is 371 g/mol. The highest BCUT2D eigenvalue weighted by molar-refractivity contribution is 6.31. The summed E-state index contributed by atoms with van der Waals surface area (Å²) < 4.78 is 19.0. The Hall–Kier alpha value is -2.44. The van der Waals surface area contributed by atoms with Gasteiger partial charge in [-0.25, -0.2) is 4.39 Å². The van der Waals surface area contributed by atoms with Crippen LogP contribution in [0.4, 0.5) is 10.1 Å². The average molecular weight is 389 g/mol. The summed E-state index contributed by atoms with van der Waals surface area (Å²) in [6.07, 6.45) is 0.663. The zero-order valence-corrected chi connectivity index (χ0v) is 15.2. The minimum absolute atomic E-state index is 0.0566. The number of nitrogens with zero attached hydrogens (tertiary/aromatic N) is 1. The normalized spacial score (nSPS) is 21.7. The summed E-state index contributed by atoms with van der Waals surface area (Å²) in [5.74, 6) is -0.909. The monoisotopic (exact) mass is 388 g/mol. The predicted octanol–water partition coefficient (Wildman–Crippen LogP) is 3.13. The Bertz CT molecular complexity index is 884. The largest absolute Gasteiger partial charge is 0.370 e. The van der Waals surface area contributed by atoms with Gasteiger partial charge in [-0.05, 0) is 36.2 Å². The molecule has 2 heterocycles. The second-order valence-electron chi connectivity index (χ2n) is 6.84. The molecule has 1 fully saturated rings. The van der Waals surface area contributed by atoms with Crippen molar-refractivity contribution >= 4 is 29.1 Å². The molecule has 1 N–H and O–H groups in total. The first-order chi connectivity index (χ1) is 13.0. The number of ether oxygens (including phenoxy) is 1. The van der Waals surface area contributed by atoms with E-state index in [1.807, 2.05) is 24.3 Å². The maximum absolute atomic E-state index is 13.7. The highest BCUT2D eigenvalue weighted by Crippen LogP contribution is 2.39. The number of carbonyl (C=O) groups excluding carboxylic acids is 2. The van der Waals surface area contributed by atoms with E-state index >= 15 is 0 Å². The van der Waals surface area contributed by atoms with Crippen molar-refractivity contribution in [3.63, 3.8) is 0 Å². The lowest BCUT2D eigenvalue weighted by molar-refractivity contribution is -0.131. The molecule has 5 nitrogen and oxygen atoms in total. The fraction of sp³-hybridized carbons (Fsp3) is 0.300. The second kappa shape index (κ2) is 7.29.